The average Bonchev–Trinajstić information content (AvgIpc) is 2.45. The molecule has 0 saturated heterocycles. The van der Waals surface area contributed by atoms with Crippen LogP contribution in [0.2, 0.25) is 0 Å². The van der Waals surface area contributed by atoms with E-state index >= 15 is 0 Å². The Kier molecular flexibility index (Phi) is 7.72. The monoisotopic (exact) mass is 293 g/mol. The van der Waals surface area contributed by atoms with Gasteiger partial charge in [0.1, 0.15) is 5.75 Å². The van der Waals surface area contributed by atoms with Gasteiger partial charge in [-0.15, -0.1) is 0 Å². The van der Waals surface area contributed by atoms with Crippen molar-refractivity contribution in [3.05, 3.63) is 29.8 Å². The molecule has 1 aromatic rings. The van der Waals surface area contributed by atoms with Gasteiger partial charge in [0.05, 0.1) is 6.61 Å². The molecule has 0 aliphatic heterocycles. The molecule has 2 unspecified atom stereocenters. The molecule has 0 aliphatic carbocycles. The summed E-state index contributed by atoms with van der Waals surface area (Å²) in [5, 5.41) is 0. The van der Waals surface area contributed by atoms with E-state index in [0.717, 1.165) is 18.8 Å². The van der Waals surface area contributed by atoms with Crippen molar-refractivity contribution in [3.63, 3.8) is 0 Å². The quantitative estimate of drug-likeness (QED) is 0.759. The molecule has 1 aromatic carbocycles. The molecule has 0 aromatic heterocycles. The maximum absolute atomic E-state index is 6.06. The van der Waals surface area contributed by atoms with E-state index in [1.165, 1.54) is 5.56 Å². The Balaban J connectivity index is 2.87. The topological polar surface area (TPSA) is 41.7 Å². The summed E-state index contributed by atoms with van der Waals surface area (Å²) in [5.74, 6) is 0.918. The van der Waals surface area contributed by atoms with Crippen LogP contribution < -0.4 is 10.5 Å². The van der Waals surface area contributed by atoms with Gasteiger partial charge in [0.25, 0.3) is 0 Å². The molecule has 1 rings (SSSR count). The number of nitrogens with two attached hydrogens (primary N) is 1. The summed E-state index contributed by atoms with van der Waals surface area (Å²) in [6, 6.07) is 9.05. The smallest absolute Gasteiger partial charge is 0.119 e. The first-order chi connectivity index (χ1) is 10.0. The van der Waals surface area contributed by atoms with Crippen molar-refractivity contribution in [3.8, 4) is 5.75 Å². The highest BCUT2D eigenvalue weighted by atomic mass is 16.5. The first-order valence-corrected chi connectivity index (χ1v) is 7.86. The fourth-order valence-electron chi connectivity index (χ4n) is 2.89. The second kappa shape index (κ2) is 9.03. The number of hydrogen-bond acceptors (Lipinski definition) is 4. The minimum Gasteiger partial charge on any atom is -0.494 e. The molecule has 0 amide bonds. The van der Waals surface area contributed by atoms with Crippen molar-refractivity contribution in [2.75, 3.05) is 40.3 Å². The number of hydrogen-bond donors (Lipinski definition) is 1. The molecule has 4 heteroatoms. The first-order valence-electron chi connectivity index (χ1n) is 7.86. The number of rotatable bonds is 9. The minimum absolute atomic E-state index is 0.251. The highest BCUT2D eigenvalue weighted by molar-refractivity contribution is 5.29. The van der Waals surface area contributed by atoms with Crippen LogP contribution in [0.25, 0.3) is 0 Å². The minimum atomic E-state index is 0.251. The van der Waals surface area contributed by atoms with E-state index in [9.17, 15) is 0 Å². The molecule has 0 fully saturated rings. The van der Waals surface area contributed by atoms with Gasteiger partial charge in [-0.05, 0) is 52.2 Å². The van der Waals surface area contributed by atoms with Gasteiger partial charge < -0.3 is 15.4 Å². The van der Waals surface area contributed by atoms with Crippen molar-refractivity contribution >= 4 is 0 Å². The van der Waals surface area contributed by atoms with E-state index in [0.29, 0.717) is 19.2 Å². The first kappa shape index (κ1) is 18.0. The van der Waals surface area contributed by atoms with Crippen molar-refractivity contribution in [1.29, 1.82) is 0 Å². The standard InChI is InChI=1S/C17H31N3O/c1-6-20(14(3)13-19(4)5)17(12-18)15-8-10-16(11-9-15)21-7-2/h8-11,14,17H,6-7,12-13,18H2,1-5H3. The van der Waals surface area contributed by atoms with Crippen LogP contribution in [0.4, 0.5) is 0 Å². The van der Waals surface area contributed by atoms with Crippen LogP contribution in [0.1, 0.15) is 32.4 Å². The van der Waals surface area contributed by atoms with Crippen molar-refractivity contribution in [1.82, 2.24) is 9.80 Å². The van der Waals surface area contributed by atoms with Gasteiger partial charge in [-0.2, -0.15) is 0 Å². The fourth-order valence-corrected chi connectivity index (χ4v) is 2.89. The molecule has 0 saturated carbocycles. The molecule has 2 atom stereocenters. The van der Waals surface area contributed by atoms with Crippen LogP contribution in [-0.2, 0) is 0 Å². The second-order valence-electron chi connectivity index (χ2n) is 5.70. The Morgan fingerprint density at radius 1 is 1.14 bits per heavy atom. The maximum atomic E-state index is 6.06. The molecule has 2 N–H and O–H groups in total. The van der Waals surface area contributed by atoms with Gasteiger partial charge >= 0.3 is 0 Å². The van der Waals surface area contributed by atoms with Gasteiger partial charge in [0, 0.05) is 25.2 Å². The SMILES string of the molecule is CCOc1ccc(C(CN)N(CC)C(C)CN(C)C)cc1. The van der Waals surface area contributed by atoms with E-state index in [2.05, 4.69) is 49.9 Å². The number of likely N-dealkylation sites (N-methyl/N-ethyl adjacent to an activating group) is 2. The summed E-state index contributed by atoms with van der Waals surface area (Å²) in [6.45, 7) is 9.80. The molecule has 120 valence electrons. The molecule has 21 heavy (non-hydrogen) atoms. The van der Waals surface area contributed by atoms with Crippen LogP contribution in [0, 0.1) is 0 Å². The third-order valence-corrected chi connectivity index (χ3v) is 3.76. The third-order valence-electron chi connectivity index (χ3n) is 3.76. The molecule has 0 aliphatic rings. The predicted octanol–water partition coefficient (Wildman–Crippen LogP) is 2.36. The Hall–Kier alpha value is -1.10. The Bertz CT molecular complexity index is 392. The van der Waals surface area contributed by atoms with Crippen LogP contribution >= 0.6 is 0 Å². The van der Waals surface area contributed by atoms with E-state index in [1.54, 1.807) is 0 Å². The molecular formula is C17H31N3O. The third kappa shape index (κ3) is 5.30. The Morgan fingerprint density at radius 2 is 1.76 bits per heavy atom. The highest BCUT2D eigenvalue weighted by Gasteiger charge is 2.23. The molecule has 0 radical (unpaired) electrons. The van der Waals surface area contributed by atoms with Gasteiger partial charge in [-0.3, -0.25) is 4.90 Å². The molecule has 0 spiro atoms. The van der Waals surface area contributed by atoms with E-state index in [-0.39, 0.29) is 6.04 Å². The summed E-state index contributed by atoms with van der Waals surface area (Å²) >= 11 is 0. The van der Waals surface area contributed by atoms with Gasteiger partial charge in [-0.1, -0.05) is 19.1 Å². The molecular weight excluding hydrogens is 262 g/mol. The van der Waals surface area contributed by atoms with E-state index in [4.69, 9.17) is 10.5 Å². The van der Waals surface area contributed by atoms with Crippen LogP contribution in [0.15, 0.2) is 24.3 Å². The zero-order valence-electron chi connectivity index (χ0n) is 14.2. The van der Waals surface area contributed by atoms with Gasteiger partial charge in [0.15, 0.2) is 0 Å². The molecule has 0 bridgehead atoms. The van der Waals surface area contributed by atoms with Crippen molar-refractivity contribution in [2.24, 2.45) is 5.73 Å². The van der Waals surface area contributed by atoms with Crippen molar-refractivity contribution < 1.29 is 4.74 Å². The summed E-state index contributed by atoms with van der Waals surface area (Å²) in [5.41, 5.74) is 7.32. The Morgan fingerprint density at radius 3 is 2.19 bits per heavy atom. The molecule has 4 nitrogen and oxygen atoms in total. The lowest BCUT2D eigenvalue weighted by Gasteiger charge is -2.36. The fraction of sp³-hybridized carbons (Fsp3) is 0.647. The zero-order chi connectivity index (χ0) is 15.8. The lowest BCUT2D eigenvalue weighted by molar-refractivity contribution is 0.131. The highest BCUT2D eigenvalue weighted by Crippen LogP contribution is 2.24. The maximum Gasteiger partial charge on any atom is 0.119 e. The number of benzene rings is 1. The van der Waals surface area contributed by atoms with Crippen LogP contribution in [0.3, 0.4) is 0 Å². The zero-order valence-corrected chi connectivity index (χ0v) is 14.2. The summed E-state index contributed by atoms with van der Waals surface area (Å²) in [7, 11) is 4.22. The summed E-state index contributed by atoms with van der Waals surface area (Å²) in [6.07, 6.45) is 0. The Labute approximate surface area is 129 Å². The van der Waals surface area contributed by atoms with E-state index in [1.807, 2.05) is 19.1 Å². The van der Waals surface area contributed by atoms with Gasteiger partial charge in [0.2, 0.25) is 0 Å². The summed E-state index contributed by atoms with van der Waals surface area (Å²) < 4.78 is 5.51. The number of nitrogens with zero attached hydrogens (tertiary/aromatic N) is 2. The van der Waals surface area contributed by atoms with Crippen LogP contribution in [0.5, 0.6) is 5.75 Å². The summed E-state index contributed by atoms with van der Waals surface area (Å²) in [4.78, 5) is 4.69. The van der Waals surface area contributed by atoms with E-state index < -0.39 is 0 Å². The van der Waals surface area contributed by atoms with Gasteiger partial charge in [-0.25, -0.2) is 0 Å². The lowest BCUT2D eigenvalue weighted by Crippen LogP contribution is -2.44. The van der Waals surface area contributed by atoms with Crippen LogP contribution in [-0.4, -0.2) is 56.2 Å². The average molecular weight is 293 g/mol. The predicted molar refractivity (Wildman–Crippen MR) is 89.8 cm³/mol. The largest absolute Gasteiger partial charge is 0.494 e. The normalized spacial score (nSPS) is 14.5. The molecule has 0 heterocycles. The van der Waals surface area contributed by atoms with Crippen molar-refractivity contribution in [2.45, 2.75) is 32.9 Å². The second-order valence-corrected chi connectivity index (χ2v) is 5.70. The number of ether oxygens (including phenoxy) is 1. The lowest BCUT2D eigenvalue weighted by atomic mass is 10.0.